The first-order valence-corrected chi connectivity index (χ1v) is 13.0. The molecule has 7 atom stereocenters. The Morgan fingerprint density at radius 1 is 1.25 bits per heavy atom. The van der Waals surface area contributed by atoms with Crippen molar-refractivity contribution in [3.63, 3.8) is 0 Å². The molecule has 0 aliphatic carbocycles. The molecule has 2 fully saturated rings. The van der Waals surface area contributed by atoms with Gasteiger partial charge in [-0.25, -0.2) is 13.6 Å². The molecule has 36 heavy (non-hydrogen) atoms. The zero-order valence-electron chi connectivity index (χ0n) is 21.7. The third kappa shape index (κ3) is 6.90. The van der Waals surface area contributed by atoms with Gasteiger partial charge >= 0.3 is 6.09 Å². The normalized spacial score (nSPS) is 35.1. The van der Waals surface area contributed by atoms with Crippen molar-refractivity contribution in [2.45, 2.75) is 76.2 Å². The average Bonchev–Trinajstić information content (AvgIpc) is 2.85. The van der Waals surface area contributed by atoms with Crippen LogP contribution in [-0.2, 0) is 9.53 Å². The summed E-state index contributed by atoms with van der Waals surface area (Å²) in [6.07, 6.45) is -0.0980. The number of alkyl halides is 2. The van der Waals surface area contributed by atoms with E-state index in [1.807, 2.05) is 11.8 Å². The van der Waals surface area contributed by atoms with Crippen LogP contribution in [0.1, 0.15) is 39.5 Å². The molecule has 0 aromatic rings. The van der Waals surface area contributed by atoms with Crippen molar-refractivity contribution in [3.05, 3.63) is 0 Å². The Hall–Kier alpha value is -1.89. The molecule has 6 unspecified atom stereocenters. The number of carbonyl (C=O) groups excluding carboxylic acids is 2. The van der Waals surface area contributed by atoms with E-state index in [2.05, 4.69) is 22.5 Å². The smallest absolute Gasteiger partial charge is 0.409 e. The SMILES string of the molecule is CC[C@]1(C)CCC(F)C=NC(C(C(=O)NC2CNCC(F)C2N2CCN(C(=O)OC)CC2)C(N)N)C1. The standard InChI is InChI=1S/C24H43F2N7O3/c1-4-24(2)6-5-15(25)12-30-17(11-24)19(21(27)28)22(34)31-18-14-29-13-16(26)20(18)32-7-9-33(10-8-32)23(35)36-3/h12,15-21,29H,4-11,13-14,27-28H2,1-3H3,(H,31,34)/t15?,16?,17?,18?,19?,20?,24-/m1/s1. The Bertz CT molecular complexity index is 781. The molecule has 0 radical (unpaired) electrons. The minimum Gasteiger partial charge on any atom is -0.453 e. The number of carbonyl (C=O) groups is 2. The van der Waals surface area contributed by atoms with Crippen LogP contribution < -0.4 is 22.1 Å². The number of nitrogens with one attached hydrogen (secondary N) is 2. The molecule has 206 valence electrons. The highest BCUT2D eigenvalue weighted by Gasteiger charge is 2.43. The van der Waals surface area contributed by atoms with Gasteiger partial charge in [0.25, 0.3) is 0 Å². The zero-order valence-corrected chi connectivity index (χ0v) is 21.7. The maximum atomic E-state index is 15.2. The minimum atomic E-state index is -1.21. The van der Waals surface area contributed by atoms with Crippen molar-refractivity contribution in [2.75, 3.05) is 46.4 Å². The number of nitrogens with two attached hydrogens (primary N) is 2. The molecule has 12 heteroatoms. The molecule has 3 heterocycles. The molecule has 0 bridgehead atoms. The summed E-state index contributed by atoms with van der Waals surface area (Å²) in [5.74, 6) is -1.28. The second-order valence-electron chi connectivity index (χ2n) is 10.7. The van der Waals surface area contributed by atoms with Gasteiger partial charge in [-0.05, 0) is 24.7 Å². The number of aliphatic imine (C=N–C) groups is 1. The van der Waals surface area contributed by atoms with E-state index in [4.69, 9.17) is 16.2 Å². The van der Waals surface area contributed by atoms with Crippen molar-refractivity contribution < 1.29 is 23.1 Å². The molecular formula is C24H43F2N7O3. The van der Waals surface area contributed by atoms with Crippen LogP contribution >= 0.6 is 0 Å². The molecule has 6 N–H and O–H groups in total. The van der Waals surface area contributed by atoms with Gasteiger partial charge in [0, 0.05) is 45.5 Å². The summed E-state index contributed by atoms with van der Waals surface area (Å²) in [6.45, 7) is 6.44. The van der Waals surface area contributed by atoms with Crippen molar-refractivity contribution in [1.29, 1.82) is 0 Å². The summed E-state index contributed by atoms with van der Waals surface area (Å²) >= 11 is 0. The van der Waals surface area contributed by atoms with E-state index < -0.39 is 54.6 Å². The van der Waals surface area contributed by atoms with Gasteiger partial charge in [-0.15, -0.1) is 0 Å². The van der Waals surface area contributed by atoms with E-state index in [-0.39, 0.29) is 12.0 Å². The number of rotatable bonds is 6. The molecule has 0 aromatic heterocycles. The molecule has 3 rings (SSSR count). The number of hydrogen-bond acceptors (Lipinski definition) is 8. The Kier molecular flexibility index (Phi) is 10.0. The molecule has 2 amide bonds. The van der Waals surface area contributed by atoms with Crippen LogP contribution in [0.5, 0.6) is 0 Å². The quantitative estimate of drug-likeness (QED) is 0.376. The number of piperazine rings is 1. The topological polar surface area (TPSA) is 138 Å². The zero-order chi connectivity index (χ0) is 26.5. The van der Waals surface area contributed by atoms with Gasteiger partial charge < -0.3 is 31.7 Å². The third-order valence-electron chi connectivity index (χ3n) is 8.13. The van der Waals surface area contributed by atoms with Crippen LogP contribution in [0, 0.1) is 11.3 Å². The molecular weight excluding hydrogens is 472 g/mol. The van der Waals surface area contributed by atoms with Crippen molar-refractivity contribution >= 4 is 18.2 Å². The summed E-state index contributed by atoms with van der Waals surface area (Å²) in [6, 6.07) is -1.67. The Morgan fingerprint density at radius 3 is 2.56 bits per heavy atom. The van der Waals surface area contributed by atoms with Crippen LogP contribution in [0.3, 0.4) is 0 Å². The van der Waals surface area contributed by atoms with E-state index in [1.54, 1.807) is 4.90 Å². The van der Waals surface area contributed by atoms with Crippen LogP contribution in [0.25, 0.3) is 0 Å². The van der Waals surface area contributed by atoms with Crippen LogP contribution in [0.15, 0.2) is 4.99 Å². The lowest BCUT2D eigenvalue weighted by Crippen LogP contribution is -2.68. The van der Waals surface area contributed by atoms with Gasteiger partial charge in [-0.1, -0.05) is 20.3 Å². The fraction of sp³-hybridized carbons (Fsp3) is 0.875. The minimum absolute atomic E-state index is 0.174. The van der Waals surface area contributed by atoms with Crippen molar-refractivity contribution in [1.82, 2.24) is 20.4 Å². The number of nitrogens with zero attached hydrogens (tertiary/aromatic N) is 3. The summed E-state index contributed by atoms with van der Waals surface area (Å²) in [5, 5.41) is 6.04. The Balaban J connectivity index is 1.75. The number of halogens is 2. The lowest BCUT2D eigenvalue weighted by atomic mass is 9.73. The first-order chi connectivity index (χ1) is 17.1. The second kappa shape index (κ2) is 12.6. The Morgan fingerprint density at radius 2 is 1.94 bits per heavy atom. The van der Waals surface area contributed by atoms with Gasteiger partial charge in [-0.2, -0.15) is 0 Å². The highest BCUT2D eigenvalue weighted by molar-refractivity contribution is 5.81. The number of hydrogen-bond donors (Lipinski definition) is 4. The summed E-state index contributed by atoms with van der Waals surface area (Å²) in [7, 11) is 1.33. The van der Waals surface area contributed by atoms with E-state index in [0.29, 0.717) is 52.0 Å². The van der Waals surface area contributed by atoms with Gasteiger partial charge in [0.15, 0.2) is 0 Å². The molecule has 0 aromatic carbocycles. The van der Waals surface area contributed by atoms with Crippen LogP contribution in [0.2, 0.25) is 0 Å². The van der Waals surface area contributed by atoms with E-state index >= 15 is 4.39 Å². The van der Waals surface area contributed by atoms with Crippen molar-refractivity contribution in [3.8, 4) is 0 Å². The van der Waals surface area contributed by atoms with E-state index in [0.717, 1.165) is 6.42 Å². The largest absolute Gasteiger partial charge is 0.453 e. The van der Waals surface area contributed by atoms with Gasteiger partial charge in [0.05, 0.1) is 37.3 Å². The number of amides is 2. The molecule has 2 saturated heterocycles. The first kappa shape index (κ1) is 28.7. The number of piperidine rings is 1. The maximum absolute atomic E-state index is 15.2. The number of ether oxygens (including phenoxy) is 1. The van der Waals surface area contributed by atoms with Gasteiger partial charge in [0.1, 0.15) is 12.3 Å². The monoisotopic (exact) mass is 515 g/mol. The Labute approximate surface area is 212 Å². The van der Waals surface area contributed by atoms with Gasteiger partial charge in [-0.3, -0.25) is 14.7 Å². The first-order valence-electron chi connectivity index (χ1n) is 13.0. The summed E-state index contributed by atoms with van der Waals surface area (Å²) in [5.41, 5.74) is 12.0. The van der Waals surface area contributed by atoms with Crippen LogP contribution in [-0.4, -0.2) is 111 Å². The predicted molar refractivity (Wildman–Crippen MR) is 134 cm³/mol. The van der Waals surface area contributed by atoms with Gasteiger partial charge in [0.2, 0.25) is 5.91 Å². The fourth-order valence-electron chi connectivity index (χ4n) is 5.67. The maximum Gasteiger partial charge on any atom is 0.409 e. The van der Waals surface area contributed by atoms with Crippen LogP contribution in [0.4, 0.5) is 13.6 Å². The number of methoxy groups -OCH3 is 1. The summed E-state index contributed by atoms with van der Waals surface area (Å²) in [4.78, 5) is 33.4. The molecule has 3 aliphatic heterocycles. The fourth-order valence-corrected chi connectivity index (χ4v) is 5.67. The van der Waals surface area contributed by atoms with E-state index in [1.165, 1.54) is 13.3 Å². The second-order valence-corrected chi connectivity index (χ2v) is 10.7. The average molecular weight is 516 g/mol. The van der Waals surface area contributed by atoms with E-state index in [9.17, 15) is 14.0 Å². The highest BCUT2D eigenvalue weighted by atomic mass is 19.1. The lowest BCUT2D eigenvalue weighted by Gasteiger charge is -2.46. The molecule has 10 nitrogen and oxygen atoms in total. The summed E-state index contributed by atoms with van der Waals surface area (Å²) < 4.78 is 34.3. The molecule has 0 spiro atoms. The lowest BCUT2D eigenvalue weighted by molar-refractivity contribution is -0.128. The molecule has 3 aliphatic rings. The highest BCUT2D eigenvalue weighted by Crippen LogP contribution is 2.37. The third-order valence-corrected chi connectivity index (χ3v) is 8.13. The molecule has 0 saturated carbocycles. The predicted octanol–water partition coefficient (Wildman–Crippen LogP) is 0.403. The van der Waals surface area contributed by atoms with Crippen molar-refractivity contribution in [2.24, 2.45) is 27.8 Å².